The third-order valence-corrected chi connectivity index (χ3v) is 2.83. The molecule has 5 heteroatoms. The highest BCUT2D eigenvalue weighted by molar-refractivity contribution is 9.10. The molecule has 3 N–H and O–H groups in total. The van der Waals surface area contributed by atoms with Crippen LogP contribution in [0.4, 0.5) is 5.69 Å². The molecular weight excluding hydrogens is 270 g/mol. The zero-order valence-electron chi connectivity index (χ0n) is 9.46. The van der Waals surface area contributed by atoms with Crippen molar-refractivity contribution in [1.29, 1.82) is 0 Å². The number of likely N-dealkylation sites (N-methyl/N-ethyl adjacent to an activating group) is 2. The fraction of sp³-hybridized carbons (Fsp3) is 0.364. The number of halogens is 1. The first kappa shape index (κ1) is 13.0. The SMILES string of the molecule is CNC(=O)CN(C)c1ccc(Br)cc1CN. The lowest BCUT2D eigenvalue weighted by molar-refractivity contribution is -0.119. The summed E-state index contributed by atoms with van der Waals surface area (Å²) in [6.07, 6.45) is 0. The van der Waals surface area contributed by atoms with Crippen molar-refractivity contribution in [3.63, 3.8) is 0 Å². The van der Waals surface area contributed by atoms with Crippen LogP contribution in [0.25, 0.3) is 0 Å². The van der Waals surface area contributed by atoms with E-state index in [-0.39, 0.29) is 5.91 Å². The molecule has 1 aromatic carbocycles. The van der Waals surface area contributed by atoms with Gasteiger partial charge in [-0.3, -0.25) is 4.79 Å². The summed E-state index contributed by atoms with van der Waals surface area (Å²) in [6.45, 7) is 0.776. The van der Waals surface area contributed by atoms with Crippen LogP contribution >= 0.6 is 15.9 Å². The van der Waals surface area contributed by atoms with Crippen molar-refractivity contribution in [2.45, 2.75) is 6.54 Å². The van der Waals surface area contributed by atoms with Crippen molar-refractivity contribution in [3.05, 3.63) is 28.2 Å². The summed E-state index contributed by atoms with van der Waals surface area (Å²) in [5, 5.41) is 2.59. The van der Waals surface area contributed by atoms with Crippen LogP contribution in [0.3, 0.4) is 0 Å². The van der Waals surface area contributed by atoms with Crippen LogP contribution in [0.15, 0.2) is 22.7 Å². The minimum absolute atomic E-state index is 0.0200. The van der Waals surface area contributed by atoms with Crippen LogP contribution in [-0.2, 0) is 11.3 Å². The van der Waals surface area contributed by atoms with E-state index in [9.17, 15) is 4.79 Å². The summed E-state index contributed by atoms with van der Waals surface area (Å²) in [5.74, 6) is -0.0200. The second kappa shape index (κ2) is 5.86. The number of carbonyl (C=O) groups excluding carboxylic acids is 1. The van der Waals surface area contributed by atoms with Gasteiger partial charge in [-0.2, -0.15) is 0 Å². The summed E-state index contributed by atoms with van der Waals surface area (Å²) in [6, 6.07) is 5.86. The predicted molar refractivity (Wildman–Crippen MR) is 69.4 cm³/mol. The molecule has 0 aliphatic heterocycles. The van der Waals surface area contributed by atoms with E-state index in [0.29, 0.717) is 13.1 Å². The minimum Gasteiger partial charge on any atom is -0.365 e. The Bertz CT molecular complexity index is 381. The summed E-state index contributed by atoms with van der Waals surface area (Å²) in [7, 11) is 3.50. The van der Waals surface area contributed by atoms with Crippen molar-refractivity contribution >= 4 is 27.5 Å². The van der Waals surface area contributed by atoms with Gasteiger partial charge in [-0.1, -0.05) is 15.9 Å². The van der Waals surface area contributed by atoms with Crippen molar-refractivity contribution in [3.8, 4) is 0 Å². The predicted octanol–water partition coefficient (Wildman–Crippen LogP) is 1.09. The van der Waals surface area contributed by atoms with Gasteiger partial charge < -0.3 is 16.0 Å². The highest BCUT2D eigenvalue weighted by Crippen LogP contribution is 2.23. The van der Waals surface area contributed by atoms with E-state index in [2.05, 4.69) is 21.2 Å². The highest BCUT2D eigenvalue weighted by Gasteiger charge is 2.09. The van der Waals surface area contributed by atoms with Crippen LogP contribution in [0.5, 0.6) is 0 Å². The van der Waals surface area contributed by atoms with Gasteiger partial charge in [0.05, 0.1) is 6.54 Å². The monoisotopic (exact) mass is 285 g/mol. The van der Waals surface area contributed by atoms with E-state index in [1.165, 1.54) is 0 Å². The summed E-state index contributed by atoms with van der Waals surface area (Å²) in [4.78, 5) is 13.2. The number of nitrogens with two attached hydrogens (primary N) is 1. The smallest absolute Gasteiger partial charge is 0.239 e. The van der Waals surface area contributed by atoms with E-state index in [1.54, 1.807) is 7.05 Å². The molecule has 1 rings (SSSR count). The normalized spacial score (nSPS) is 10.0. The lowest BCUT2D eigenvalue weighted by Gasteiger charge is -2.21. The molecule has 0 unspecified atom stereocenters. The number of carbonyl (C=O) groups is 1. The summed E-state index contributed by atoms with van der Waals surface area (Å²) < 4.78 is 0.991. The maximum atomic E-state index is 11.3. The second-order valence-electron chi connectivity index (χ2n) is 3.51. The molecule has 0 bridgehead atoms. The standard InChI is InChI=1S/C11H16BrN3O/c1-14-11(16)7-15(2)10-4-3-9(12)5-8(10)6-13/h3-5H,6-7,13H2,1-2H3,(H,14,16). The Morgan fingerprint density at radius 1 is 1.56 bits per heavy atom. The second-order valence-corrected chi connectivity index (χ2v) is 4.42. The molecule has 1 amide bonds. The first-order chi connectivity index (χ1) is 7.58. The van der Waals surface area contributed by atoms with Gasteiger partial charge in [0, 0.05) is 30.8 Å². The molecular formula is C11H16BrN3O. The van der Waals surface area contributed by atoms with Crippen LogP contribution in [0, 0.1) is 0 Å². The molecule has 0 aliphatic carbocycles. The molecule has 0 heterocycles. The average Bonchev–Trinajstić information content (AvgIpc) is 2.28. The van der Waals surface area contributed by atoms with Gasteiger partial charge in [0.25, 0.3) is 0 Å². The molecule has 0 aliphatic rings. The van der Waals surface area contributed by atoms with Crippen molar-refractivity contribution < 1.29 is 4.79 Å². The third kappa shape index (κ3) is 3.21. The molecule has 0 fully saturated rings. The number of rotatable bonds is 4. The van der Waals surface area contributed by atoms with Crippen LogP contribution < -0.4 is 16.0 Å². The lowest BCUT2D eigenvalue weighted by Crippen LogP contribution is -2.33. The zero-order valence-corrected chi connectivity index (χ0v) is 11.0. The number of hydrogen-bond acceptors (Lipinski definition) is 3. The fourth-order valence-corrected chi connectivity index (χ4v) is 1.88. The highest BCUT2D eigenvalue weighted by atomic mass is 79.9. The Balaban J connectivity index is 2.90. The van der Waals surface area contributed by atoms with E-state index in [4.69, 9.17) is 5.73 Å². The topological polar surface area (TPSA) is 58.4 Å². The molecule has 0 atom stereocenters. The fourth-order valence-electron chi connectivity index (χ4n) is 1.47. The Morgan fingerprint density at radius 2 is 2.25 bits per heavy atom. The van der Waals surface area contributed by atoms with Gasteiger partial charge in [-0.05, 0) is 23.8 Å². The number of amides is 1. The first-order valence-electron chi connectivity index (χ1n) is 4.98. The number of nitrogens with zero attached hydrogens (tertiary/aromatic N) is 1. The quantitative estimate of drug-likeness (QED) is 0.871. The van der Waals surface area contributed by atoms with E-state index >= 15 is 0 Å². The molecule has 1 aromatic rings. The van der Waals surface area contributed by atoms with Gasteiger partial charge >= 0.3 is 0 Å². The summed E-state index contributed by atoms with van der Waals surface area (Å²) >= 11 is 3.40. The van der Waals surface area contributed by atoms with Gasteiger partial charge in [0.15, 0.2) is 0 Å². The minimum atomic E-state index is -0.0200. The van der Waals surface area contributed by atoms with Crippen LogP contribution in [0.1, 0.15) is 5.56 Å². The number of hydrogen-bond donors (Lipinski definition) is 2. The van der Waals surface area contributed by atoms with E-state index in [0.717, 1.165) is 15.7 Å². The van der Waals surface area contributed by atoms with Crippen molar-refractivity contribution in [2.75, 3.05) is 25.5 Å². The number of nitrogens with one attached hydrogen (secondary N) is 1. The van der Waals surface area contributed by atoms with Crippen LogP contribution in [0.2, 0.25) is 0 Å². The molecule has 4 nitrogen and oxygen atoms in total. The largest absolute Gasteiger partial charge is 0.365 e. The Kier molecular flexibility index (Phi) is 4.76. The first-order valence-corrected chi connectivity index (χ1v) is 5.78. The van der Waals surface area contributed by atoms with Crippen molar-refractivity contribution in [1.82, 2.24) is 5.32 Å². The van der Waals surface area contributed by atoms with Gasteiger partial charge in [0.1, 0.15) is 0 Å². The third-order valence-electron chi connectivity index (χ3n) is 2.33. The summed E-state index contributed by atoms with van der Waals surface area (Å²) in [5.41, 5.74) is 7.67. The number of benzene rings is 1. The molecule has 0 spiro atoms. The maximum absolute atomic E-state index is 11.3. The van der Waals surface area contributed by atoms with Gasteiger partial charge in [0.2, 0.25) is 5.91 Å². The van der Waals surface area contributed by atoms with Gasteiger partial charge in [-0.25, -0.2) is 0 Å². The Labute approximate surface area is 104 Å². The number of anilines is 1. The average molecular weight is 286 g/mol. The Hall–Kier alpha value is -1.07. The maximum Gasteiger partial charge on any atom is 0.239 e. The molecule has 0 radical (unpaired) electrons. The van der Waals surface area contributed by atoms with Gasteiger partial charge in [-0.15, -0.1) is 0 Å². The zero-order chi connectivity index (χ0) is 12.1. The Morgan fingerprint density at radius 3 is 2.81 bits per heavy atom. The van der Waals surface area contributed by atoms with Crippen molar-refractivity contribution in [2.24, 2.45) is 5.73 Å². The molecule has 88 valence electrons. The lowest BCUT2D eigenvalue weighted by atomic mass is 10.1. The van der Waals surface area contributed by atoms with E-state index in [1.807, 2.05) is 30.1 Å². The van der Waals surface area contributed by atoms with E-state index < -0.39 is 0 Å². The molecule has 16 heavy (non-hydrogen) atoms. The molecule has 0 aromatic heterocycles. The van der Waals surface area contributed by atoms with Crippen LogP contribution in [-0.4, -0.2) is 26.5 Å². The molecule has 0 saturated carbocycles. The molecule has 0 saturated heterocycles.